The van der Waals surface area contributed by atoms with Crippen LogP contribution in [0.4, 0.5) is 4.39 Å². The van der Waals surface area contributed by atoms with E-state index in [0.29, 0.717) is 5.52 Å². The maximum atomic E-state index is 13.5. The fraction of sp³-hybridized carbons (Fsp3) is 0.105. The average molecular weight is 354 g/mol. The molecule has 4 nitrogen and oxygen atoms in total. The summed E-state index contributed by atoms with van der Waals surface area (Å²) >= 11 is 0. The third kappa shape index (κ3) is 3.85. The Morgan fingerprint density at radius 1 is 1.08 bits per heavy atom. The number of aryl methyl sites for hydroxylation is 1. The molecule has 0 fully saturated rings. The molecule has 1 aromatic heterocycles. The van der Waals surface area contributed by atoms with Crippen LogP contribution < -0.4 is 4.72 Å². The number of fused-ring (bicyclic) bond motifs is 1. The van der Waals surface area contributed by atoms with E-state index in [0.717, 1.165) is 11.1 Å². The zero-order valence-electron chi connectivity index (χ0n) is 13.5. The number of sulfonamides is 1. The molecule has 25 heavy (non-hydrogen) atoms. The Morgan fingerprint density at radius 2 is 1.88 bits per heavy atom. The maximum Gasteiger partial charge on any atom is 0.243 e. The standard InChI is InChI=1S/C19H15FN2O2S/c1-14-11-12-16-7-4-10-18(19(16)22-14)25(23,24)21-13-5-8-15-6-2-3-9-17(15)20/h2-4,6-7,9-12,21H,13H2,1H3. The van der Waals surface area contributed by atoms with Crippen molar-refractivity contribution < 1.29 is 12.8 Å². The number of benzene rings is 2. The van der Waals surface area contributed by atoms with Gasteiger partial charge in [0.25, 0.3) is 0 Å². The molecule has 0 amide bonds. The van der Waals surface area contributed by atoms with Gasteiger partial charge in [-0.1, -0.05) is 42.2 Å². The van der Waals surface area contributed by atoms with Crippen molar-refractivity contribution in [3.63, 3.8) is 0 Å². The Balaban J connectivity index is 1.84. The molecule has 0 saturated heterocycles. The smallest absolute Gasteiger partial charge is 0.243 e. The highest BCUT2D eigenvalue weighted by atomic mass is 32.2. The van der Waals surface area contributed by atoms with E-state index in [2.05, 4.69) is 21.5 Å². The summed E-state index contributed by atoms with van der Waals surface area (Å²) in [5, 5.41) is 0.742. The van der Waals surface area contributed by atoms with Gasteiger partial charge in [-0.2, -0.15) is 4.72 Å². The number of nitrogens with zero attached hydrogens (tertiary/aromatic N) is 1. The summed E-state index contributed by atoms with van der Waals surface area (Å²) in [6, 6.07) is 14.7. The summed E-state index contributed by atoms with van der Waals surface area (Å²) in [6.07, 6.45) is 0. The summed E-state index contributed by atoms with van der Waals surface area (Å²) in [5.74, 6) is 4.80. The Morgan fingerprint density at radius 3 is 2.68 bits per heavy atom. The van der Waals surface area contributed by atoms with Crippen molar-refractivity contribution in [2.45, 2.75) is 11.8 Å². The van der Waals surface area contributed by atoms with Crippen molar-refractivity contribution in [2.24, 2.45) is 0 Å². The van der Waals surface area contributed by atoms with Crippen molar-refractivity contribution in [1.82, 2.24) is 9.71 Å². The number of hydrogen-bond acceptors (Lipinski definition) is 3. The predicted octanol–water partition coefficient (Wildman–Crippen LogP) is 3.01. The SMILES string of the molecule is Cc1ccc2cccc(S(=O)(=O)NCC#Cc3ccccc3F)c2n1. The Kier molecular flexibility index (Phi) is 4.79. The van der Waals surface area contributed by atoms with E-state index in [9.17, 15) is 12.8 Å². The highest BCUT2D eigenvalue weighted by Crippen LogP contribution is 2.21. The first-order chi connectivity index (χ1) is 12.0. The number of aromatic nitrogens is 1. The van der Waals surface area contributed by atoms with Gasteiger partial charge < -0.3 is 0 Å². The van der Waals surface area contributed by atoms with E-state index in [1.807, 2.05) is 12.1 Å². The molecule has 0 saturated carbocycles. The van der Waals surface area contributed by atoms with E-state index >= 15 is 0 Å². The molecule has 0 aliphatic heterocycles. The molecule has 0 spiro atoms. The summed E-state index contributed by atoms with van der Waals surface area (Å²) < 4.78 is 41.0. The van der Waals surface area contributed by atoms with Gasteiger partial charge in [-0.15, -0.1) is 0 Å². The summed E-state index contributed by atoms with van der Waals surface area (Å²) in [4.78, 5) is 4.42. The van der Waals surface area contributed by atoms with Crippen molar-refractivity contribution >= 4 is 20.9 Å². The number of pyridine rings is 1. The van der Waals surface area contributed by atoms with E-state index in [1.54, 1.807) is 31.2 Å². The van der Waals surface area contributed by atoms with Gasteiger partial charge in [0.05, 0.1) is 17.6 Å². The van der Waals surface area contributed by atoms with Gasteiger partial charge in [-0.3, -0.25) is 4.98 Å². The van der Waals surface area contributed by atoms with Crippen LogP contribution in [0.2, 0.25) is 0 Å². The Labute approximate surface area is 145 Å². The molecule has 0 aliphatic rings. The third-order valence-electron chi connectivity index (χ3n) is 3.56. The minimum absolute atomic E-state index is 0.0985. The molecule has 0 unspecified atom stereocenters. The van der Waals surface area contributed by atoms with Crippen LogP contribution in [0.15, 0.2) is 59.5 Å². The number of para-hydroxylation sites is 1. The minimum atomic E-state index is -3.78. The molecule has 1 heterocycles. The lowest BCUT2D eigenvalue weighted by atomic mass is 10.2. The Bertz CT molecular complexity index is 1100. The first-order valence-electron chi connectivity index (χ1n) is 7.57. The fourth-order valence-corrected chi connectivity index (χ4v) is 3.44. The first kappa shape index (κ1) is 17.1. The van der Waals surface area contributed by atoms with Crippen LogP contribution in [0, 0.1) is 24.6 Å². The summed E-state index contributed by atoms with van der Waals surface area (Å²) in [6.45, 7) is 1.68. The van der Waals surface area contributed by atoms with E-state index in [1.165, 1.54) is 18.2 Å². The van der Waals surface area contributed by atoms with Gasteiger partial charge in [0.1, 0.15) is 10.7 Å². The quantitative estimate of drug-likeness (QED) is 0.736. The lowest BCUT2D eigenvalue weighted by Crippen LogP contribution is -2.24. The molecular weight excluding hydrogens is 339 g/mol. The van der Waals surface area contributed by atoms with E-state index < -0.39 is 15.8 Å². The van der Waals surface area contributed by atoms with E-state index in [4.69, 9.17) is 0 Å². The molecule has 6 heteroatoms. The highest BCUT2D eigenvalue weighted by Gasteiger charge is 2.17. The zero-order valence-corrected chi connectivity index (χ0v) is 14.3. The fourth-order valence-electron chi connectivity index (χ4n) is 2.35. The Hall–Kier alpha value is -2.75. The lowest BCUT2D eigenvalue weighted by Gasteiger charge is -2.07. The van der Waals surface area contributed by atoms with Gasteiger partial charge in [-0.25, -0.2) is 12.8 Å². The van der Waals surface area contributed by atoms with Crippen LogP contribution in [0.25, 0.3) is 10.9 Å². The van der Waals surface area contributed by atoms with Crippen LogP contribution in [-0.4, -0.2) is 19.9 Å². The van der Waals surface area contributed by atoms with Crippen LogP contribution >= 0.6 is 0 Å². The second-order valence-electron chi connectivity index (χ2n) is 5.39. The van der Waals surface area contributed by atoms with Crippen LogP contribution in [0.3, 0.4) is 0 Å². The molecule has 1 N–H and O–H groups in total. The zero-order chi connectivity index (χ0) is 17.9. The van der Waals surface area contributed by atoms with Crippen LogP contribution in [0.5, 0.6) is 0 Å². The van der Waals surface area contributed by atoms with Gasteiger partial charge in [-0.05, 0) is 31.2 Å². The normalized spacial score (nSPS) is 11.1. The van der Waals surface area contributed by atoms with Crippen molar-refractivity contribution in [2.75, 3.05) is 6.54 Å². The highest BCUT2D eigenvalue weighted by molar-refractivity contribution is 7.89. The topological polar surface area (TPSA) is 59.1 Å². The largest absolute Gasteiger partial charge is 0.252 e. The molecule has 126 valence electrons. The maximum absolute atomic E-state index is 13.5. The lowest BCUT2D eigenvalue weighted by molar-refractivity contribution is 0.587. The molecule has 0 bridgehead atoms. The molecule has 0 atom stereocenters. The third-order valence-corrected chi connectivity index (χ3v) is 4.99. The van der Waals surface area contributed by atoms with Crippen LogP contribution in [-0.2, 0) is 10.0 Å². The molecule has 3 rings (SSSR count). The molecule has 0 aliphatic carbocycles. The first-order valence-corrected chi connectivity index (χ1v) is 9.05. The summed E-state index contributed by atoms with van der Waals surface area (Å²) in [5.41, 5.74) is 1.37. The average Bonchev–Trinajstić information content (AvgIpc) is 2.59. The van der Waals surface area contributed by atoms with Gasteiger partial charge in [0.15, 0.2) is 0 Å². The molecule has 3 aromatic rings. The molecule has 0 radical (unpaired) electrons. The number of hydrogen-bond donors (Lipinski definition) is 1. The number of rotatable bonds is 3. The second-order valence-corrected chi connectivity index (χ2v) is 7.12. The van der Waals surface area contributed by atoms with Gasteiger partial charge in [0, 0.05) is 11.1 Å². The predicted molar refractivity (Wildman–Crippen MR) is 94.9 cm³/mol. The van der Waals surface area contributed by atoms with Crippen molar-refractivity contribution in [3.8, 4) is 11.8 Å². The summed E-state index contributed by atoms with van der Waals surface area (Å²) in [7, 11) is -3.78. The molecular formula is C19H15FN2O2S. The number of halogens is 1. The van der Waals surface area contributed by atoms with Crippen molar-refractivity contribution in [3.05, 3.63) is 71.7 Å². The van der Waals surface area contributed by atoms with Crippen molar-refractivity contribution in [1.29, 1.82) is 0 Å². The van der Waals surface area contributed by atoms with Gasteiger partial charge >= 0.3 is 0 Å². The molecule has 2 aromatic carbocycles. The number of nitrogens with one attached hydrogen (secondary N) is 1. The minimum Gasteiger partial charge on any atom is -0.252 e. The van der Waals surface area contributed by atoms with E-state index in [-0.39, 0.29) is 17.0 Å². The monoisotopic (exact) mass is 354 g/mol. The van der Waals surface area contributed by atoms with Crippen LogP contribution in [0.1, 0.15) is 11.3 Å². The second kappa shape index (κ2) is 7.01. The van der Waals surface area contributed by atoms with Gasteiger partial charge in [0.2, 0.25) is 10.0 Å².